The standard InChI is InChI=1S/C18H18N4O/c1-2-6-17-20-18-19-15-9-13(12-7-4-3-5-8-12)10-16(23)14(15)11-22(18)21-17/h3-5,7-8,11,13H,2,6,9-10H2,1H3. The smallest absolute Gasteiger partial charge is 0.252 e. The van der Waals surface area contributed by atoms with Crippen molar-refractivity contribution in [2.24, 2.45) is 0 Å². The van der Waals surface area contributed by atoms with Gasteiger partial charge in [-0.2, -0.15) is 4.98 Å². The molecular formula is C18H18N4O. The van der Waals surface area contributed by atoms with Crippen LogP contribution >= 0.6 is 0 Å². The van der Waals surface area contributed by atoms with Crippen molar-refractivity contribution in [3.05, 3.63) is 59.2 Å². The zero-order valence-electron chi connectivity index (χ0n) is 13.1. The minimum absolute atomic E-state index is 0.141. The molecule has 0 saturated heterocycles. The lowest BCUT2D eigenvalue weighted by Crippen LogP contribution is -2.21. The van der Waals surface area contributed by atoms with Crippen molar-refractivity contribution >= 4 is 11.6 Å². The summed E-state index contributed by atoms with van der Waals surface area (Å²) in [5.41, 5.74) is 2.73. The van der Waals surface area contributed by atoms with E-state index in [0.29, 0.717) is 17.8 Å². The molecule has 0 aliphatic heterocycles. The second-order valence-electron chi connectivity index (χ2n) is 6.06. The van der Waals surface area contributed by atoms with Crippen LogP contribution < -0.4 is 0 Å². The van der Waals surface area contributed by atoms with Crippen LogP contribution in [0.25, 0.3) is 5.78 Å². The molecule has 0 amide bonds. The molecule has 4 rings (SSSR count). The number of fused-ring (bicyclic) bond motifs is 2. The first-order valence-electron chi connectivity index (χ1n) is 8.08. The molecule has 0 N–H and O–H groups in total. The molecule has 1 unspecified atom stereocenters. The van der Waals surface area contributed by atoms with Crippen LogP contribution in [0.2, 0.25) is 0 Å². The molecule has 0 bridgehead atoms. The molecule has 1 aromatic carbocycles. The van der Waals surface area contributed by atoms with Crippen molar-refractivity contribution in [1.82, 2.24) is 19.6 Å². The Balaban J connectivity index is 1.74. The Bertz CT molecular complexity index is 869. The van der Waals surface area contributed by atoms with Crippen LogP contribution in [0.5, 0.6) is 0 Å². The Morgan fingerprint density at radius 3 is 2.78 bits per heavy atom. The van der Waals surface area contributed by atoms with Gasteiger partial charge in [-0.05, 0) is 24.3 Å². The average Bonchev–Trinajstić information content (AvgIpc) is 2.95. The van der Waals surface area contributed by atoms with Crippen LogP contribution in [0.15, 0.2) is 36.5 Å². The topological polar surface area (TPSA) is 60.1 Å². The van der Waals surface area contributed by atoms with Gasteiger partial charge < -0.3 is 0 Å². The summed E-state index contributed by atoms with van der Waals surface area (Å²) in [6.07, 6.45) is 4.92. The molecule has 5 heteroatoms. The van der Waals surface area contributed by atoms with Gasteiger partial charge in [-0.15, -0.1) is 5.10 Å². The van der Waals surface area contributed by atoms with E-state index in [1.807, 2.05) is 18.2 Å². The molecular weight excluding hydrogens is 288 g/mol. The van der Waals surface area contributed by atoms with E-state index in [1.165, 1.54) is 5.56 Å². The van der Waals surface area contributed by atoms with E-state index < -0.39 is 0 Å². The van der Waals surface area contributed by atoms with Gasteiger partial charge in [-0.1, -0.05) is 37.3 Å². The maximum absolute atomic E-state index is 12.5. The predicted octanol–water partition coefficient (Wildman–Crippen LogP) is 2.99. The molecule has 2 aromatic heterocycles. The highest BCUT2D eigenvalue weighted by Gasteiger charge is 2.28. The predicted molar refractivity (Wildman–Crippen MR) is 86.6 cm³/mol. The second kappa shape index (κ2) is 5.57. The summed E-state index contributed by atoms with van der Waals surface area (Å²) in [7, 11) is 0. The normalized spacial score (nSPS) is 17.4. The van der Waals surface area contributed by atoms with Gasteiger partial charge in [0.25, 0.3) is 5.78 Å². The average molecular weight is 306 g/mol. The Hall–Kier alpha value is -2.56. The number of aromatic nitrogens is 4. The molecule has 0 fully saturated rings. The number of Topliss-reactive ketones (excluding diaryl/α,β-unsaturated/α-hetero) is 1. The summed E-state index contributed by atoms with van der Waals surface area (Å²) in [5.74, 6) is 1.72. The molecule has 2 heterocycles. The minimum Gasteiger partial charge on any atom is -0.294 e. The molecule has 3 aromatic rings. The molecule has 0 saturated carbocycles. The number of benzene rings is 1. The first kappa shape index (κ1) is 14.1. The molecule has 1 aliphatic carbocycles. The number of carbonyl (C=O) groups excluding carboxylic acids is 1. The van der Waals surface area contributed by atoms with Gasteiger partial charge in [0.15, 0.2) is 11.6 Å². The van der Waals surface area contributed by atoms with Gasteiger partial charge in [-0.25, -0.2) is 9.50 Å². The lowest BCUT2D eigenvalue weighted by atomic mass is 9.82. The summed E-state index contributed by atoms with van der Waals surface area (Å²) in [4.78, 5) is 21.6. The van der Waals surface area contributed by atoms with Gasteiger partial charge in [0, 0.05) is 19.0 Å². The lowest BCUT2D eigenvalue weighted by Gasteiger charge is -2.22. The zero-order chi connectivity index (χ0) is 15.8. The number of ketones is 1. The molecule has 0 spiro atoms. The van der Waals surface area contributed by atoms with Gasteiger partial charge in [0.2, 0.25) is 0 Å². The SMILES string of the molecule is CCCc1nc2nc3c(cn2n1)C(=O)CC(c1ccccc1)C3. The van der Waals surface area contributed by atoms with Crippen LogP contribution in [0.4, 0.5) is 0 Å². The number of nitrogens with zero attached hydrogens (tertiary/aromatic N) is 4. The monoisotopic (exact) mass is 306 g/mol. The highest BCUT2D eigenvalue weighted by molar-refractivity contribution is 5.98. The third-order valence-electron chi connectivity index (χ3n) is 4.37. The lowest BCUT2D eigenvalue weighted by molar-refractivity contribution is 0.0962. The largest absolute Gasteiger partial charge is 0.294 e. The van der Waals surface area contributed by atoms with Gasteiger partial charge in [0.05, 0.1) is 11.3 Å². The molecule has 0 radical (unpaired) electrons. The molecule has 116 valence electrons. The third-order valence-corrected chi connectivity index (χ3v) is 4.37. The summed E-state index contributed by atoms with van der Waals surface area (Å²) >= 11 is 0. The number of rotatable bonds is 3. The molecule has 1 atom stereocenters. The van der Waals surface area contributed by atoms with Crippen molar-refractivity contribution in [1.29, 1.82) is 0 Å². The van der Waals surface area contributed by atoms with E-state index in [0.717, 1.165) is 30.8 Å². The Labute approximate surface area is 134 Å². The number of hydrogen-bond acceptors (Lipinski definition) is 4. The van der Waals surface area contributed by atoms with E-state index >= 15 is 0 Å². The van der Waals surface area contributed by atoms with Crippen LogP contribution in [-0.4, -0.2) is 25.4 Å². The third kappa shape index (κ3) is 2.52. The van der Waals surface area contributed by atoms with Crippen LogP contribution in [-0.2, 0) is 12.8 Å². The first-order chi connectivity index (χ1) is 11.2. The first-order valence-corrected chi connectivity index (χ1v) is 8.08. The van der Waals surface area contributed by atoms with E-state index in [2.05, 4.69) is 34.1 Å². The van der Waals surface area contributed by atoms with Crippen LogP contribution in [0, 0.1) is 0 Å². The van der Waals surface area contributed by atoms with Crippen molar-refractivity contribution in [2.45, 2.75) is 38.5 Å². The summed E-state index contributed by atoms with van der Waals surface area (Å²) in [5, 5.41) is 4.41. The summed E-state index contributed by atoms with van der Waals surface area (Å²) < 4.78 is 1.64. The zero-order valence-corrected chi connectivity index (χ0v) is 13.1. The Kier molecular flexibility index (Phi) is 3.41. The van der Waals surface area contributed by atoms with E-state index in [1.54, 1.807) is 10.7 Å². The number of hydrogen-bond donors (Lipinski definition) is 0. The van der Waals surface area contributed by atoms with E-state index in [-0.39, 0.29) is 11.7 Å². The van der Waals surface area contributed by atoms with Gasteiger partial charge in [-0.3, -0.25) is 4.79 Å². The summed E-state index contributed by atoms with van der Waals surface area (Å²) in [6.45, 7) is 2.10. The van der Waals surface area contributed by atoms with Gasteiger partial charge in [0.1, 0.15) is 0 Å². The molecule has 1 aliphatic rings. The van der Waals surface area contributed by atoms with Crippen molar-refractivity contribution < 1.29 is 4.79 Å². The minimum atomic E-state index is 0.141. The number of carbonyl (C=O) groups is 1. The van der Waals surface area contributed by atoms with Crippen LogP contribution in [0.1, 0.15) is 53.1 Å². The van der Waals surface area contributed by atoms with Gasteiger partial charge >= 0.3 is 0 Å². The van der Waals surface area contributed by atoms with Crippen molar-refractivity contribution in [3.8, 4) is 0 Å². The van der Waals surface area contributed by atoms with Crippen molar-refractivity contribution in [3.63, 3.8) is 0 Å². The number of aryl methyl sites for hydroxylation is 1. The fraction of sp³-hybridized carbons (Fsp3) is 0.333. The maximum Gasteiger partial charge on any atom is 0.252 e. The van der Waals surface area contributed by atoms with Crippen LogP contribution in [0.3, 0.4) is 0 Å². The fourth-order valence-corrected chi connectivity index (χ4v) is 3.22. The molecule has 23 heavy (non-hydrogen) atoms. The second-order valence-corrected chi connectivity index (χ2v) is 6.06. The quantitative estimate of drug-likeness (QED) is 0.746. The Morgan fingerprint density at radius 2 is 2.00 bits per heavy atom. The fourth-order valence-electron chi connectivity index (χ4n) is 3.22. The highest BCUT2D eigenvalue weighted by atomic mass is 16.1. The van der Waals surface area contributed by atoms with Crippen molar-refractivity contribution in [2.75, 3.05) is 0 Å². The molecule has 5 nitrogen and oxygen atoms in total. The maximum atomic E-state index is 12.5. The Morgan fingerprint density at radius 1 is 1.17 bits per heavy atom. The highest BCUT2D eigenvalue weighted by Crippen LogP contribution is 2.31. The van der Waals surface area contributed by atoms with E-state index in [4.69, 9.17) is 0 Å². The summed E-state index contributed by atoms with van der Waals surface area (Å²) in [6, 6.07) is 10.2. The van der Waals surface area contributed by atoms with E-state index in [9.17, 15) is 4.79 Å².